The van der Waals surface area contributed by atoms with E-state index in [1.807, 2.05) is 0 Å². The van der Waals surface area contributed by atoms with Crippen molar-refractivity contribution in [3.63, 3.8) is 0 Å². The van der Waals surface area contributed by atoms with Crippen molar-refractivity contribution in [2.45, 2.75) is 0 Å². The molecule has 2 aromatic rings. The number of fused-ring (bicyclic) bond motifs is 1. The van der Waals surface area contributed by atoms with Crippen LogP contribution in [0.5, 0.6) is 0 Å². The van der Waals surface area contributed by atoms with E-state index < -0.39 is 5.97 Å². The molecule has 0 atom stereocenters. The number of aromatic nitrogens is 2. The van der Waals surface area contributed by atoms with Crippen molar-refractivity contribution in [3.05, 3.63) is 28.9 Å². The number of halogens is 1. The molecule has 0 amide bonds. The summed E-state index contributed by atoms with van der Waals surface area (Å²) in [6, 6.07) is 4.73. The summed E-state index contributed by atoms with van der Waals surface area (Å²) in [5, 5.41) is 13.9. The molecule has 1 N–H and O–H groups in total. The smallest absolute Gasteiger partial charge is 0.335 e. The highest BCUT2D eigenvalue weighted by atomic mass is 35.5. The van der Waals surface area contributed by atoms with Crippen LogP contribution in [0, 0.1) is 0 Å². The first-order valence-electron chi connectivity index (χ1n) is 3.95. The first-order chi connectivity index (χ1) is 6.59. The minimum absolute atomic E-state index is 0.233. The zero-order valence-corrected chi connectivity index (χ0v) is 8.12. The number of carboxylic acid groups (broad SMARTS) is 1. The van der Waals surface area contributed by atoms with Gasteiger partial charge in [-0.05, 0) is 18.2 Å². The number of aromatic carboxylic acids is 1. The molecule has 0 saturated heterocycles. The topological polar surface area (TPSA) is 55.1 Å². The lowest BCUT2D eigenvalue weighted by atomic mass is 10.2. The number of aryl methyl sites for hydroxylation is 1. The third-order valence-electron chi connectivity index (χ3n) is 2.05. The van der Waals surface area contributed by atoms with E-state index in [1.54, 1.807) is 23.9 Å². The Balaban J connectivity index is 2.77. The highest BCUT2D eigenvalue weighted by Gasteiger charge is 2.09. The summed E-state index contributed by atoms with van der Waals surface area (Å²) in [6.45, 7) is 0. The molecule has 2 rings (SSSR count). The molecule has 5 heteroatoms. The lowest BCUT2D eigenvalue weighted by molar-refractivity contribution is 0.0697. The summed E-state index contributed by atoms with van der Waals surface area (Å²) >= 11 is 5.83. The van der Waals surface area contributed by atoms with Crippen molar-refractivity contribution in [1.82, 2.24) is 9.78 Å². The summed E-state index contributed by atoms with van der Waals surface area (Å²) in [6.07, 6.45) is 0. The predicted molar refractivity (Wildman–Crippen MR) is 52.7 cm³/mol. The summed E-state index contributed by atoms with van der Waals surface area (Å²) < 4.78 is 1.56. The van der Waals surface area contributed by atoms with E-state index in [2.05, 4.69) is 5.10 Å². The Morgan fingerprint density at radius 1 is 1.57 bits per heavy atom. The lowest BCUT2D eigenvalue weighted by Gasteiger charge is -1.96. The molecule has 0 aliphatic carbocycles. The molecule has 0 radical (unpaired) electrons. The Labute approximate surface area is 84.7 Å². The number of benzene rings is 1. The van der Waals surface area contributed by atoms with Gasteiger partial charge in [-0.2, -0.15) is 5.10 Å². The fraction of sp³-hybridized carbons (Fsp3) is 0.111. The molecule has 14 heavy (non-hydrogen) atoms. The Bertz CT molecular complexity index is 519. The van der Waals surface area contributed by atoms with Gasteiger partial charge >= 0.3 is 5.97 Å². The van der Waals surface area contributed by atoms with Crippen molar-refractivity contribution in [2.24, 2.45) is 7.05 Å². The van der Waals surface area contributed by atoms with Crippen LogP contribution in [0.15, 0.2) is 18.2 Å². The fourth-order valence-corrected chi connectivity index (χ4v) is 1.62. The summed E-state index contributed by atoms with van der Waals surface area (Å²) in [7, 11) is 1.72. The highest BCUT2D eigenvalue weighted by molar-refractivity contribution is 6.34. The van der Waals surface area contributed by atoms with Crippen molar-refractivity contribution < 1.29 is 9.90 Å². The molecular weight excluding hydrogens is 204 g/mol. The number of carboxylic acids is 1. The van der Waals surface area contributed by atoms with E-state index >= 15 is 0 Å². The summed E-state index contributed by atoms with van der Waals surface area (Å²) in [5.74, 6) is -0.954. The summed E-state index contributed by atoms with van der Waals surface area (Å²) in [5.41, 5.74) is 0.951. The van der Waals surface area contributed by atoms with Gasteiger partial charge in [-0.3, -0.25) is 4.68 Å². The molecule has 1 aromatic carbocycles. The maximum absolute atomic E-state index is 10.7. The Hall–Kier alpha value is -1.55. The second kappa shape index (κ2) is 2.99. The van der Waals surface area contributed by atoms with Gasteiger partial charge in [-0.1, -0.05) is 11.6 Å². The zero-order valence-electron chi connectivity index (χ0n) is 7.36. The van der Waals surface area contributed by atoms with Gasteiger partial charge in [-0.25, -0.2) is 4.79 Å². The third-order valence-corrected chi connectivity index (χ3v) is 2.33. The molecule has 0 bridgehead atoms. The van der Waals surface area contributed by atoms with E-state index in [0.717, 1.165) is 10.9 Å². The molecule has 0 fully saturated rings. The van der Waals surface area contributed by atoms with Crippen LogP contribution in [0.4, 0.5) is 0 Å². The Morgan fingerprint density at radius 2 is 2.29 bits per heavy atom. The van der Waals surface area contributed by atoms with Crippen LogP contribution in [-0.4, -0.2) is 20.9 Å². The Kier molecular flexibility index (Phi) is 1.93. The second-order valence-corrected chi connectivity index (χ2v) is 3.31. The van der Waals surface area contributed by atoms with Crippen LogP contribution in [0.25, 0.3) is 10.9 Å². The number of carbonyl (C=O) groups is 1. The standard InChI is InChI=1S/C9H7ClN2O2/c1-12-7-4-5(9(13)14)2-3-6(7)8(10)11-12/h2-4H,1H3,(H,13,14). The number of hydrogen-bond donors (Lipinski definition) is 1. The maximum atomic E-state index is 10.7. The van der Waals surface area contributed by atoms with Crippen molar-refractivity contribution in [3.8, 4) is 0 Å². The highest BCUT2D eigenvalue weighted by Crippen LogP contribution is 2.22. The lowest BCUT2D eigenvalue weighted by Crippen LogP contribution is -1.96. The molecule has 0 saturated carbocycles. The fourth-order valence-electron chi connectivity index (χ4n) is 1.35. The molecule has 72 valence electrons. The normalized spacial score (nSPS) is 10.7. The second-order valence-electron chi connectivity index (χ2n) is 2.95. The molecule has 1 heterocycles. The van der Waals surface area contributed by atoms with Crippen LogP contribution in [0.1, 0.15) is 10.4 Å². The van der Waals surface area contributed by atoms with Crippen LogP contribution in [-0.2, 0) is 7.05 Å². The molecule has 0 spiro atoms. The van der Waals surface area contributed by atoms with Gasteiger partial charge in [-0.15, -0.1) is 0 Å². The van der Waals surface area contributed by atoms with Gasteiger partial charge in [0.2, 0.25) is 0 Å². The number of hydrogen-bond acceptors (Lipinski definition) is 2. The largest absolute Gasteiger partial charge is 0.478 e. The molecule has 0 aliphatic heterocycles. The zero-order chi connectivity index (χ0) is 10.3. The van der Waals surface area contributed by atoms with Crippen LogP contribution in [0.2, 0.25) is 5.15 Å². The van der Waals surface area contributed by atoms with E-state index in [1.165, 1.54) is 6.07 Å². The van der Waals surface area contributed by atoms with Crippen molar-refractivity contribution in [2.75, 3.05) is 0 Å². The van der Waals surface area contributed by atoms with Gasteiger partial charge in [0.15, 0.2) is 5.15 Å². The molecule has 0 aliphatic rings. The van der Waals surface area contributed by atoms with Crippen molar-refractivity contribution >= 4 is 28.5 Å². The monoisotopic (exact) mass is 210 g/mol. The minimum atomic E-state index is -0.954. The van der Waals surface area contributed by atoms with Gasteiger partial charge in [0.25, 0.3) is 0 Å². The Morgan fingerprint density at radius 3 is 2.93 bits per heavy atom. The molecular formula is C9H7ClN2O2. The van der Waals surface area contributed by atoms with Gasteiger partial charge in [0.1, 0.15) is 0 Å². The molecule has 1 aromatic heterocycles. The van der Waals surface area contributed by atoms with Crippen LogP contribution < -0.4 is 0 Å². The average Bonchev–Trinajstić information content (AvgIpc) is 2.42. The van der Waals surface area contributed by atoms with Gasteiger partial charge in [0, 0.05) is 12.4 Å². The first kappa shape index (κ1) is 9.02. The molecule has 4 nitrogen and oxygen atoms in total. The van der Waals surface area contributed by atoms with Crippen LogP contribution in [0.3, 0.4) is 0 Å². The van der Waals surface area contributed by atoms with Crippen LogP contribution >= 0.6 is 11.6 Å². The third kappa shape index (κ3) is 1.24. The SMILES string of the molecule is Cn1nc(Cl)c2ccc(C(=O)O)cc21. The minimum Gasteiger partial charge on any atom is -0.478 e. The average molecular weight is 211 g/mol. The first-order valence-corrected chi connectivity index (χ1v) is 4.33. The predicted octanol–water partition coefficient (Wildman–Crippen LogP) is 1.92. The quantitative estimate of drug-likeness (QED) is 0.783. The number of rotatable bonds is 1. The summed E-state index contributed by atoms with van der Waals surface area (Å²) in [4.78, 5) is 10.7. The van der Waals surface area contributed by atoms with E-state index in [9.17, 15) is 4.79 Å². The van der Waals surface area contributed by atoms with E-state index in [0.29, 0.717) is 5.15 Å². The molecule has 0 unspecified atom stereocenters. The maximum Gasteiger partial charge on any atom is 0.335 e. The van der Waals surface area contributed by atoms with Gasteiger partial charge < -0.3 is 5.11 Å². The number of nitrogens with zero attached hydrogens (tertiary/aromatic N) is 2. The van der Waals surface area contributed by atoms with Gasteiger partial charge in [0.05, 0.1) is 11.1 Å². The van der Waals surface area contributed by atoms with E-state index in [-0.39, 0.29) is 5.56 Å². The van der Waals surface area contributed by atoms with Crippen molar-refractivity contribution in [1.29, 1.82) is 0 Å². The van der Waals surface area contributed by atoms with E-state index in [4.69, 9.17) is 16.7 Å².